The van der Waals surface area contributed by atoms with Crippen LogP contribution >= 0.6 is 11.3 Å². The third-order valence-corrected chi connectivity index (χ3v) is 3.76. The minimum absolute atomic E-state index is 0.426. The molecule has 0 aliphatic heterocycles. The van der Waals surface area contributed by atoms with Crippen molar-refractivity contribution >= 4 is 27.4 Å². The third-order valence-electron chi connectivity index (χ3n) is 3.09. The van der Waals surface area contributed by atoms with Gasteiger partial charge >= 0.3 is 0 Å². The van der Waals surface area contributed by atoms with E-state index in [9.17, 15) is 0 Å². The Morgan fingerprint density at radius 3 is 2.72 bits per heavy atom. The van der Waals surface area contributed by atoms with Gasteiger partial charge in [0.25, 0.3) is 0 Å². The highest BCUT2D eigenvalue weighted by Crippen LogP contribution is 2.36. The van der Waals surface area contributed by atoms with E-state index < -0.39 is 0 Å². The second-order valence-corrected chi connectivity index (χ2v) is 5.57. The average Bonchev–Trinajstić information content (AvgIpc) is 2.92. The van der Waals surface area contributed by atoms with Crippen molar-refractivity contribution in [2.45, 2.75) is 19.8 Å². The number of nitrogen functional groups attached to an aromatic ring is 1. The van der Waals surface area contributed by atoms with Crippen molar-refractivity contribution in [3.63, 3.8) is 0 Å². The molecule has 2 heterocycles. The van der Waals surface area contributed by atoms with Gasteiger partial charge < -0.3 is 10.7 Å². The minimum Gasteiger partial charge on any atom is -0.375 e. The van der Waals surface area contributed by atoms with Crippen LogP contribution in [-0.4, -0.2) is 9.97 Å². The van der Waals surface area contributed by atoms with Crippen LogP contribution in [0.3, 0.4) is 0 Å². The Balaban J connectivity index is 2.34. The summed E-state index contributed by atoms with van der Waals surface area (Å²) in [5, 5.41) is 3.85. The molecule has 0 atom stereocenters. The van der Waals surface area contributed by atoms with E-state index >= 15 is 0 Å². The summed E-state index contributed by atoms with van der Waals surface area (Å²) in [6.07, 6.45) is 0. The Hall–Kier alpha value is -1.81. The number of hydrogen-bond donors (Lipinski definition) is 2. The van der Waals surface area contributed by atoms with E-state index in [2.05, 4.69) is 42.0 Å². The highest BCUT2D eigenvalue weighted by molar-refractivity contribution is 7.13. The first-order chi connectivity index (χ1) is 8.66. The quantitative estimate of drug-likeness (QED) is 0.729. The molecule has 92 valence electrons. The van der Waals surface area contributed by atoms with Gasteiger partial charge in [0.15, 0.2) is 5.13 Å². The Kier molecular flexibility index (Phi) is 2.59. The highest BCUT2D eigenvalue weighted by atomic mass is 32.1. The second kappa shape index (κ2) is 4.14. The summed E-state index contributed by atoms with van der Waals surface area (Å²) < 4.78 is 0. The molecule has 1 aromatic carbocycles. The molecule has 0 spiro atoms. The number of anilines is 1. The number of rotatable bonds is 2. The number of para-hydroxylation sites is 1. The lowest BCUT2D eigenvalue weighted by Crippen LogP contribution is -1.91. The summed E-state index contributed by atoms with van der Waals surface area (Å²) in [5.41, 5.74) is 10.3. The first-order valence-electron chi connectivity index (χ1n) is 5.99. The van der Waals surface area contributed by atoms with Crippen molar-refractivity contribution in [1.29, 1.82) is 0 Å². The number of nitrogens with one attached hydrogen (secondary N) is 1. The zero-order valence-corrected chi connectivity index (χ0v) is 11.2. The fraction of sp³-hybridized carbons (Fsp3) is 0.214. The smallest absolute Gasteiger partial charge is 0.180 e. The number of H-pyrrole nitrogens is 1. The molecule has 18 heavy (non-hydrogen) atoms. The van der Waals surface area contributed by atoms with Crippen LogP contribution in [0.4, 0.5) is 5.13 Å². The zero-order valence-electron chi connectivity index (χ0n) is 10.4. The number of aromatic amines is 1. The van der Waals surface area contributed by atoms with Gasteiger partial charge in [0.2, 0.25) is 0 Å². The number of nitrogens with two attached hydrogens (primary N) is 1. The van der Waals surface area contributed by atoms with E-state index in [4.69, 9.17) is 5.73 Å². The summed E-state index contributed by atoms with van der Waals surface area (Å²) in [6.45, 7) is 4.37. The summed E-state index contributed by atoms with van der Waals surface area (Å²) in [6, 6.07) is 8.32. The fourth-order valence-corrected chi connectivity index (χ4v) is 2.83. The molecule has 3 rings (SSSR count). The maximum Gasteiger partial charge on any atom is 0.180 e. The van der Waals surface area contributed by atoms with E-state index in [1.165, 1.54) is 28.0 Å². The van der Waals surface area contributed by atoms with Crippen molar-refractivity contribution in [3.05, 3.63) is 35.3 Å². The summed E-state index contributed by atoms with van der Waals surface area (Å²) in [5.74, 6) is 0.426. The normalized spacial score (nSPS) is 11.5. The Labute approximate surface area is 110 Å². The summed E-state index contributed by atoms with van der Waals surface area (Å²) >= 11 is 1.48. The number of nitrogens with zero attached hydrogens (tertiary/aromatic N) is 1. The van der Waals surface area contributed by atoms with E-state index in [0.29, 0.717) is 11.0 Å². The van der Waals surface area contributed by atoms with Crippen LogP contribution < -0.4 is 5.73 Å². The Morgan fingerprint density at radius 1 is 1.28 bits per heavy atom. The van der Waals surface area contributed by atoms with Gasteiger partial charge in [-0.1, -0.05) is 32.0 Å². The van der Waals surface area contributed by atoms with Gasteiger partial charge in [-0.3, -0.25) is 0 Å². The fourth-order valence-electron chi connectivity index (χ4n) is 2.27. The largest absolute Gasteiger partial charge is 0.375 e. The van der Waals surface area contributed by atoms with Crippen LogP contribution in [0, 0.1) is 0 Å². The van der Waals surface area contributed by atoms with Crippen molar-refractivity contribution in [2.24, 2.45) is 0 Å². The first-order valence-corrected chi connectivity index (χ1v) is 6.86. The van der Waals surface area contributed by atoms with E-state index in [1.807, 2.05) is 11.4 Å². The molecule has 0 saturated heterocycles. The second-order valence-electron chi connectivity index (χ2n) is 4.68. The van der Waals surface area contributed by atoms with Gasteiger partial charge in [-0.2, -0.15) is 0 Å². The number of aromatic nitrogens is 2. The van der Waals surface area contributed by atoms with Gasteiger partial charge in [0.05, 0.1) is 5.69 Å². The maximum atomic E-state index is 5.75. The van der Waals surface area contributed by atoms with E-state index in [-0.39, 0.29) is 0 Å². The summed E-state index contributed by atoms with van der Waals surface area (Å²) in [4.78, 5) is 7.92. The lowest BCUT2D eigenvalue weighted by molar-refractivity contribution is 0.838. The van der Waals surface area contributed by atoms with Crippen molar-refractivity contribution in [2.75, 3.05) is 5.73 Å². The lowest BCUT2D eigenvalue weighted by Gasteiger charge is -2.05. The zero-order chi connectivity index (χ0) is 12.7. The number of thiazole rings is 1. The molecule has 0 amide bonds. The van der Waals surface area contributed by atoms with Gasteiger partial charge in [0.1, 0.15) is 0 Å². The molecule has 3 aromatic rings. The monoisotopic (exact) mass is 257 g/mol. The average molecular weight is 257 g/mol. The Morgan fingerprint density at radius 2 is 2.06 bits per heavy atom. The number of hydrogen-bond acceptors (Lipinski definition) is 3. The predicted octanol–water partition coefficient (Wildman–Crippen LogP) is 4.00. The molecule has 0 saturated carbocycles. The maximum absolute atomic E-state index is 5.75. The minimum atomic E-state index is 0.426. The third kappa shape index (κ3) is 1.69. The first kappa shape index (κ1) is 11.3. The molecule has 0 bridgehead atoms. The molecule has 2 aromatic heterocycles. The summed E-state index contributed by atoms with van der Waals surface area (Å²) in [7, 11) is 0. The predicted molar refractivity (Wildman–Crippen MR) is 77.9 cm³/mol. The van der Waals surface area contributed by atoms with E-state index in [1.54, 1.807) is 0 Å². The molecule has 0 aliphatic carbocycles. The molecule has 0 aliphatic rings. The molecule has 0 radical (unpaired) electrons. The highest BCUT2D eigenvalue weighted by Gasteiger charge is 2.17. The number of fused-ring (bicyclic) bond motifs is 1. The molecular weight excluding hydrogens is 242 g/mol. The molecule has 0 unspecified atom stereocenters. The SMILES string of the molecule is CC(C)c1[nH]c2ccccc2c1-c1csc(N)n1. The molecule has 3 N–H and O–H groups in total. The van der Waals surface area contributed by atoms with Crippen molar-refractivity contribution in [3.8, 4) is 11.3 Å². The molecule has 3 nitrogen and oxygen atoms in total. The molecular formula is C14H15N3S. The van der Waals surface area contributed by atoms with Crippen molar-refractivity contribution < 1.29 is 0 Å². The van der Waals surface area contributed by atoms with Crippen molar-refractivity contribution in [1.82, 2.24) is 9.97 Å². The topological polar surface area (TPSA) is 54.7 Å². The standard InChI is InChI=1S/C14H15N3S/c1-8(2)13-12(11-7-18-14(15)17-11)9-5-3-4-6-10(9)16-13/h3-8,16H,1-2H3,(H2,15,17). The van der Waals surface area contributed by atoms with E-state index in [0.717, 1.165) is 11.2 Å². The Bertz CT molecular complexity index is 694. The van der Waals surface area contributed by atoms with Gasteiger partial charge in [-0.25, -0.2) is 4.98 Å². The van der Waals surface area contributed by atoms with Crippen LogP contribution in [0.5, 0.6) is 0 Å². The van der Waals surface area contributed by atoms with Crippen LogP contribution in [0.15, 0.2) is 29.6 Å². The lowest BCUT2D eigenvalue weighted by atomic mass is 10.0. The van der Waals surface area contributed by atoms with Gasteiger partial charge in [-0.15, -0.1) is 11.3 Å². The van der Waals surface area contributed by atoms with Crippen LogP contribution in [0.25, 0.3) is 22.2 Å². The van der Waals surface area contributed by atoms with Gasteiger partial charge in [0, 0.05) is 27.5 Å². The number of benzene rings is 1. The van der Waals surface area contributed by atoms with Gasteiger partial charge in [-0.05, 0) is 12.0 Å². The van der Waals surface area contributed by atoms with Crippen LogP contribution in [-0.2, 0) is 0 Å². The molecule has 4 heteroatoms. The van der Waals surface area contributed by atoms with Crippen LogP contribution in [0.1, 0.15) is 25.5 Å². The van der Waals surface area contributed by atoms with Crippen LogP contribution in [0.2, 0.25) is 0 Å². The molecule has 0 fully saturated rings.